The molecule has 1 aliphatic heterocycles. The molecule has 0 spiro atoms. The van der Waals surface area contributed by atoms with Gasteiger partial charge in [0.05, 0.1) is 0 Å². The standard InChI is InChI=1S/C19H23N3O3S/c1-2-26-9-8-21-19(23)22(13-16-4-3-7-20-11-16)12-15-5-6-17-18(10-15)25-14-24-17/h3-7,10-11H,2,8-9,12-14H2,1H3,(H,21,23). The largest absolute Gasteiger partial charge is 0.454 e. The number of urea groups is 1. The van der Waals surface area contributed by atoms with Crippen LogP contribution < -0.4 is 14.8 Å². The number of thioether (sulfide) groups is 1. The molecule has 2 amide bonds. The van der Waals surface area contributed by atoms with Crippen LogP contribution in [0.3, 0.4) is 0 Å². The van der Waals surface area contributed by atoms with Gasteiger partial charge < -0.3 is 19.7 Å². The molecular formula is C19H23N3O3S. The van der Waals surface area contributed by atoms with Crippen LogP contribution in [0.5, 0.6) is 11.5 Å². The van der Waals surface area contributed by atoms with Crippen LogP contribution in [0.1, 0.15) is 18.1 Å². The van der Waals surface area contributed by atoms with Crippen molar-refractivity contribution in [2.24, 2.45) is 0 Å². The van der Waals surface area contributed by atoms with E-state index < -0.39 is 0 Å². The van der Waals surface area contributed by atoms with Gasteiger partial charge in [-0.1, -0.05) is 19.1 Å². The number of nitrogens with one attached hydrogen (secondary N) is 1. The molecule has 7 heteroatoms. The van der Waals surface area contributed by atoms with Crippen LogP contribution in [0.25, 0.3) is 0 Å². The fourth-order valence-corrected chi connectivity index (χ4v) is 3.19. The Morgan fingerprint density at radius 2 is 2.08 bits per heavy atom. The molecule has 1 N–H and O–H groups in total. The molecule has 6 nitrogen and oxygen atoms in total. The molecule has 1 aromatic heterocycles. The van der Waals surface area contributed by atoms with Crippen LogP contribution in [0.4, 0.5) is 4.79 Å². The van der Waals surface area contributed by atoms with Crippen molar-refractivity contribution in [3.63, 3.8) is 0 Å². The first-order valence-corrected chi connectivity index (χ1v) is 9.79. The Morgan fingerprint density at radius 1 is 1.23 bits per heavy atom. The van der Waals surface area contributed by atoms with E-state index >= 15 is 0 Å². The maximum Gasteiger partial charge on any atom is 0.318 e. The van der Waals surface area contributed by atoms with Crippen molar-refractivity contribution in [2.75, 3.05) is 24.8 Å². The summed E-state index contributed by atoms with van der Waals surface area (Å²) in [4.78, 5) is 18.6. The van der Waals surface area contributed by atoms with E-state index in [9.17, 15) is 4.79 Å². The molecule has 2 aromatic rings. The lowest BCUT2D eigenvalue weighted by Crippen LogP contribution is -2.40. The second kappa shape index (κ2) is 9.33. The van der Waals surface area contributed by atoms with Crippen molar-refractivity contribution in [3.8, 4) is 11.5 Å². The van der Waals surface area contributed by atoms with Crippen LogP contribution in [-0.4, -0.2) is 40.8 Å². The summed E-state index contributed by atoms with van der Waals surface area (Å²) >= 11 is 1.81. The highest BCUT2D eigenvalue weighted by molar-refractivity contribution is 7.99. The van der Waals surface area contributed by atoms with Crippen LogP contribution in [0.15, 0.2) is 42.7 Å². The maximum absolute atomic E-state index is 12.7. The first-order chi connectivity index (χ1) is 12.8. The molecule has 0 atom stereocenters. The van der Waals surface area contributed by atoms with E-state index in [0.29, 0.717) is 19.6 Å². The number of carbonyl (C=O) groups is 1. The third kappa shape index (κ3) is 5.05. The zero-order valence-corrected chi connectivity index (χ0v) is 15.6. The lowest BCUT2D eigenvalue weighted by molar-refractivity contribution is 0.173. The number of aromatic nitrogens is 1. The highest BCUT2D eigenvalue weighted by Gasteiger charge is 2.18. The van der Waals surface area contributed by atoms with Gasteiger partial charge in [-0.25, -0.2) is 4.79 Å². The van der Waals surface area contributed by atoms with Gasteiger partial charge in [-0.15, -0.1) is 0 Å². The van der Waals surface area contributed by atoms with Gasteiger partial charge in [0.15, 0.2) is 11.5 Å². The Kier molecular flexibility index (Phi) is 6.60. The summed E-state index contributed by atoms with van der Waals surface area (Å²) in [6.07, 6.45) is 3.51. The Labute approximate surface area is 157 Å². The predicted molar refractivity (Wildman–Crippen MR) is 102 cm³/mol. The van der Waals surface area contributed by atoms with Crippen LogP contribution in [-0.2, 0) is 13.1 Å². The Hall–Kier alpha value is -2.41. The van der Waals surface area contributed by atoms with E-state index in [0.717, 1.165) is 34.1 Å². The quantitative estimate of drug-likeness (QED) is 0.720. The number of benzene rings is 1. The van der Waals surface area contributed by atoms with E-state index in [1.165, 1.54) is 0 Å². The fourth-order valence-electron chi connectivity index (χ4n) is 2.66. The molecule has 2 heterocycles. The molecule has 0 radical (unpaired) electrons. The summed E-state index contributed by atoms with van der Waals surface area (Å²) in [5.74, 6) is 3.43. The zero-order valence-electron chi connectivity index (χ0n) is 14.8. The van der Waals surface area contributed by atoms with E-state index in [-0.39, 0.29) is 12.8 Å². The third-order valence-corrected chi connectivity index (χ3v) is 4.82. The highest BCUT2D eigenvalue weighted by Crippen LogP contribution is 2.32. The molecule has 0 saturated carbocycles. The fraction of sp³-hybridized carbons (Fsp3) is 0.368. The lowest BCUT2D eigenvalue weighted by atomic mass is 10.1. The average Bonchev–Trinajstić information content (AvgIpc) is 3.13. The van der Waals surface area contributed by atoms with Gasteiger partial charge >= 0.3 is 6.03 Å². The van der Waals surface area contributed by atoms with Gasteiger partial charge in [-0.3, -0.25) is 4.98 Å². The van der Waals surface area contributed by atoms with Crippen molar-refractivity contribution in [3.05, 3.63) is 53.9 Å². The number of ether oxygens (including phenoxy) is 2. The topological polar surface area (TPSA) is 63.7 Å². The molecular weight excluding hydrogens is 350 g/mol. The minimum atomic E-state index is -0.0803. The highest BCUT2D eigenvalue weighted by atomic mass is 32.2. The SMILES string of the molecule is CCSCCNC(=O)N(Cc1cccnc1)Cc1ccc2c(c1)OCO2. The number of carbonyl (C=O) groups excluding carboxylic acids is 1. The summed E-state index contributed by atoms with van der Waals surface area (Å²) in [7, 11) is 0. The molecule has 0 saturated heterocycles. The number of rotatable bonds is 8. The Balaban J connectivity index is 1.68. The first-order valence-electron chi connectivity index (χ1n) is 8.64. The number of amides is 2. The summed E-state index contributed by atoms with van der Waals surface area (Å²) in [5.41, 5.74) is 1.99. The monoisotopic (exact) mass is 373 g/mol. The Morgan fingerprint density at radius 3 is 2.88 bits per heavy atom. The number of hydrogen-bond acceptors (Lipinski definition) is 5. The molecule has 138 valence electrons. The van der Waals surface area contributed by atoms with Gasteiger partial charge in [0.25, 0.3) is 0 Å². The lowest BCUT2D eigenvalue weighted by Gasteiger charge is -2.23. The molecule has 0 fully saturated rings. The number of nitrogens with zero attached hydrogens (tertiary/aromatic N) is 2. The van der Waals surface area contributed by atoms with Gasteiger partial charge in [-0.2, -0.15) is 11.8 Å². The summed E-state index contributed by atoms with van der Waals surface area (Å²) < 4.78 is 10.8. The Bertz CT molecular complexity index is 727. The van der Waals surface area contributed by atoms with Crippen LogP contribution >= 0.6 is 11.8 Å². The van der Waals surface area contributed by atoms with Crippen molar-refractivity contribution in [1.82, 2.24) is 15.2 Å². The van der Waals surface area contributed by atoms with Crippen molar-refractivity contribution in [2.45, 2.75) is 20.0 Å². The first kappa shape index (κ1) is 18.4. The second-order valence-corrected chi connectivity index (χ2v) is 7.23. The number of fused-ring (bicyclic) bond motifs is 1. The van der Waals surface area contributed by atoms with Gasteiger partial charge in [-0.05, 0) is 35.1 Å². The van der Waals surface area contributed by atoms with Crippen molar-refractivity contribution in [1.29, 1.82) is 0 Å². The minimum Gasteiger partial charge on any atom is -0.454 e. The normalized spacial score (nSPS) is 12.0. The smallest absolute Gasteiger partial charge is 0.318 e. The summed E-state index contributed by atoms with van der Waals surface area (Å²) in [5, 5.41) is 3.00. The van der Waals surface area contributed by atoms with Gasteiger partial charge in [0.2, 0.25) is 6.79 Å². The molecule has 0 bridgehead atoms. The predicted octanol–water partition coefficient (Wildman–Crippen LogP) is 3.28. The van der Waals surface area contributed by atoms with E-state index in [4.69, 9.17) is 9.47 Å². The second-order valence-electron chi connectivity index (χ2n) is 5.83. The zero-order chi connectivity index (χ0) is 18.2. The molecule has 1 aromatic carbocycles. The van der Waals surface area contributed by atoms with Crippen molar-refractivity contribution < 1.29 is 14.3 Å². The minimum absolute atomic E-state index is 0.0803. The average molecular weight is 373 g/mol. The molecule has 0 aliphatic carbocycles. The third-order valence-electron chi connectivity index (χ3n) is 3.92. The molecule has 1 aliphatic rings. The van der Waals surface area contributed by atoms with E-state index in [1.807, 2.05) is 42.1 Å². The van der Waals surface area contributed by atoms with E-state index in [2.05, 4.69) is 17.2 Å². The summed E-state index contributed by atoms with van der Waals surface area (Å²) in [6, 6.07) is 9.55. The molecule has 26 heavy (non-hydrogen) atoms. The maximum atomic E-state index is 12.7. The van der Waals surface area contributed by atoms with Crippen LogP contribution in [0, 0.1) is 0 Å². The van der Waals surface area contributed by atoms with Crippen LogP contribution in [0.2, 0.25) is 0 Å². The van der Waals surface area contributed by atoms with Gasteiger partial charge in [0.1, 0.15) is 0 Å². The van der Waals surface area contributed by atoms with Gasteiger partial charge in [0, 0.05) is 37.8 Å². The number of pyridine rings is 1. The van der Waals surface area contributed by atoms with E-state index in [1.54, 1.807) is 17.3 Å². The summed E-state index contributed by atoms with van der Waals surface area (Å²) in [6.45, 7) is 3.99. The molecule has 3 rings (SSSR count). The number of hydrogen-bond donors (Lipinski definition) is 1. The molecule has 0 unspecified atom stereocenters. The van der Waals surface area contributed by atoms with Crippen molar-refractivity contribution >= 4 is 17.8 Å².